The summed E-state index contributed by atoms with van der Waals surface area (Å²) in [5.41, 5.74) is 1.30. The molecule has 1 aromatic rings. The summed E-state index contributed by atoms with van der Waals surface area (Å²) in [6, 6.07) is 2.71. The van der Waals surface area contributed by atoms with Gasteiger partial charge in [0, 0.05) is 33.9 Å². The molecule has 1 N–H and O–H groups in total. The molecule has 1 fully saturated rings. The van der Waals surface area contributed by atoms with Crippen molar-refractivity contribution in [1.29, 1.82) is 0 Å². The van der Waals surface area contributed by atoms with Crippen LogP contribution in [0, 0.1) is 0 Å². The fraction of sp³-hybridized carbons (Fsp3) is 0.643. The third-order valence-electron chi connectivity index (χ3n) is 3.49. The Kier molecular flexibility index (Phi) is 5.99. The van der Waals surface area contributed by atoms with Gasteiger partial charge in [0.2, 0.25) is 0 Å². The summed E-state index contributed by atoms with van der Waals surface area (Å²) in [6.07, 6.45) is 10.6. The number of hydrogen-bond donors (Lipinski definition) is 1. The minimum atomic E-state index is 0.548. The molecule has 1 aromatic heterocycles. The van der Waals surface area contributed by atoms with Crippen LogP contribution in [0.1, 0.15) is 31.2 Å². The van der Waals surface area contributed by atoms with Gasteiger partial charge in [-0.15, -0.1) is 0 Å². The van der Waals surface area contributed by atoms with Gasteiger partial charge in [0.1, 0.15) is 0 Å². The molecule has 0 aromatic carbocycles. The molecule has 4 heteroatoms. The molecule has 1 unspecified atom stereocenters. The molecular formula is C14H21BrN2S. The highest BCUT2D eigenvalue weighted by molar-refractivity contribution is 9.10. The first-order chi connectivity index (χ1) is 8.78. The van der Waals surface area contributed by atoms with Crippen LogP contribution in [0.5, 0.6) is 0 Å². The highest BCUT2D eigenvalue weighted by Gasteiger charge is 2.17. The van der Waals surface area contributed by atoms with Crippen LogP contribution in [0.3, 0.4) is 0 Å². The van der Waals surface area contributed by atoms with Gasteiger partial charge in [-0.2, -0.15) is 11.8 Å². The van der Waals surface area contributed by atoms with E-state index in [-0.39, 0.29) is 0 Å². The minimum absolute atomic E-state index is 0.548. The van der Waals surface area contributed by atoms with Gasteiger partial charge in [-0.3, -0.25) is 4.98 Å². The van der Waals surface area contributed by atoms with Gasteiger partial charge in [0.15, 0.2) is 0 Å². The lowest BCUT2D eigenvalue weighted by molar-refractivity contribution is 0.614. The number of pyridine rings is 1. The van der Waals surface area contributed by atoms with Gasteiger partial charge >= 0.3 is 0 Å². The van der Waals surface area contributed by atoms with Crippen molar-refractivity contribution in [2.45, 2.75) is 43.4 Å². The molecule has 1 aliphatic rings. The van der Waals surface area contributed by atoms with Crippen molar-refractivity contribution in [3.05, 3.63) is 28.5 Å². The molecule has 0 bridgehead atoms. The van der Waals surface area contributed by atoms with E-state index in [1.54, 1.807) is 0 Å². The van der Waals surface area contributed by atoms with Gasteiger partial charge < -0.3 is 5.32 Å². The van der Waals surface area contributed by atoms with Crippen molar-refractivity contribution in [1.82, 2.24) is 10.3 Å². The molecule has 100 valence electrons. The third kappa shape index (κ3) is 4.56. The van der Waals surface area contributed by atoms with Crippen LogP contribution in [-0.2, 0) is 6.42 Å². The van der Waals surface area contributed by atoms with E-state index in [4.69, 9.17) is 0 Å². The van der Waals surface area contributed by atoms with Crippen LogP contribution in [0.2, 0.25) is 0 Å². The zero-order chi connectivity index (χ0) is 12.8. The number of likely N-dealkylation sites (N-methyl/N-ethyl adjacent to an activating group) is 1. The highest BCUT2D eigenvalue weighted by atomic mass is 79.9. The number of nitrogens with zero attached hydrogens (tertiary/aromatic N) is 1. The SMILES string of the molecule is CNC(CSC1CCCC1)Cc1cncc(Br)c1. The summed E-state index contributed by atoms with van der Waals surface area (Å²) in [4.78, 5) is 4.23. The predicted molar refractivity (Wildman–Crippen MR) is 83.2 cm³/mol. The number of nitrogens with one attached hydrogen (secondary N) is 1. The fourth-order valence-electron chi connectivity index (χ4n) is 2.40. The third-order valence-corrected chi connectivity index (χ3v) is 5.46. The number of thioether (sulfide) groups is 1. The lowest BCUT2D eigenvalue weighted by atomic mass is 10.1. The van der Waals surface area contributed by atoms with E-state index < -0.39 is 0 Å². The van der Waals surface area contributed by atoms with E-state index in [1.807, 2.05) is 12.4 Å². The smallest absolute Gasteiger partial charge is 0.0410 e. The van der Waals surface area contributed by atoms with Gasteiger partial charge in [-0.1, -0.05) is 12.8 Å². The van der Waals surface area contributed by atoms with E-state index in [2.05, 4.69) is 51.1 Å². The highest BCUT2D eigenvalue weighted by Crippen LogP contribution is 2.30. The minimum Gasteiger partial charge on any atom is -0.316 e. The van der Waals surface area contributed by atoms with Crippen LogP contribution in [0.15, 0.2) is 22.9 Å². The number of hydrogen-bond acceptors (Lipinski definition) is 3. The molecule has 1 atom stereocenters. The first-order valence-corrected chi connectivity index (χ1v) is 8.50. The Bertz CT molecular complexity index is 367. The topological polar surface area (TPSA) is 24.9 Å². The molecule has 0 aliphatic heterocycles. The van der Waals surface area contributed by atoms with E-state index >= 15 is 0 Å². The van der Waals surface area contributed by atoms with Crippen molar-refractivity contribution in [3.63, 3.8) is 0 Å². The van der Waals surface area contributed by atoms with Gasteiger partial charge in [0.25, 0.3) is 0 Å². The molecule has 2 nitrogen and oxygen atoms in total. The summed E-state index contributed by atoms with van der Waals surface area (Å²) < 4.78 is 1.07. The van der Waals surface area contributed by atoms with Crippen LogP contribution in [-0.4, -0.2) is 29.1 Å². The second-order valence-electron chi connectivity index (χ2n) is 4.94. The molecular weight excluding hydrogens is 308 g/mol. The lowest BCUT2D eigenvalue weighted by Crippen LogP contribution is -2.30. The standard InChI is InChI=1S/C14H21BrN2S/c1-16-13(10-18-14-4-2-3-5-14)7-11-6-12(15)9-17-8-11/h6,8-9,13-14,16H,2-5,7,10H2,1H3. The summed E-state index contributed by atoms with van der Waals surface area (Å²) in [6.45, 7) is 0. The van der Waals surface area contributed by atoms with Gasteiger partial charge in [-0.05, 0) is 53.9 Å². The molecule has 18 heavy (non-hydrogen) atoms. The summed E-state index contributed by atoms with van der Waals surface area (Å²) in [7, 11) is 2.06. The summed E-state index contributed by atoms with van der Waals surface area (Å²) >= 11 is 5.62. The Hall–Kier alpha value is -0.0600. The molecule has 0 amide bonds. The van der Waals surface area contributed by atoms with Crippen LogP contribution in [0.25, 0.3) is 0 Å². The van der Waals surface area contributed by atoms with Gasteiger partial charge in [0.05, 0.1) is 0 Å². The van der Waals surface area contributed by atoms with Crippen molar-refractivity contribution in [2.24, 2.45) is 0 Å². The average molecular weight is 329 g/mol. The number of aromatic nitrogens is 1. The maximum Gasteiger partial charge on any atom is 0.0410 e. The maximum atomic E-state index is 4.23. The van der Waals surface area contributed by atoms with Crippen LogP contribution < -0.4 is 5.32 Å². The van der Waals surface area contributed by atoms with Crippen molar-refractivity contribution in [2.75, 3.05) is 12.8 Å². The van der Waals surface area contributed by atoms with Crippen LogP contribution >= 0.6 is 27.7 Å². The Morgan fingerprint density at radius 3 is 2.89 bits per heavy atom. The van der Waals surface area contributed by atoms with E-state index in [1.165, 1.54) is 37.0 Å². The first-order valence-electron chi connectivity index (χ1n) is 6.66. The zero-order valence-corrected chi connectivity index (χ0v) is 13.3. The predicted octanol–water partition coefficient (Wildman–Crippen LogP) is 3.65. The zero-order valence-electron chi connectivity index (χ0n) is 10.9. The Balaban J connectivity index is 1.81. The van der Waals surface area contributed by atoms with E-state index in [9.17, 15) is 0 Å². The van der Waals surface area contributed by atoms with Crippen molar-refractivity contribution in [3.8, 4) is 0 Å². The monoisotopic (exact) mass is 328 g/mol. The fourth-order valence-corrected chi connectivity index (χ4v) is 4.27. The quantitative estimate of drug-likeness (QED) is 0.862. The molecule has 0 spiro atoms. The second kappa shape index (κ2) is 7.51. The van der Waals surface area contributed by atoms with E-state index in [0.717, 1.165) is 16.1 Å². The average Bonchev–Trinajstić information content (AvgIpc) is 2.87. The van der Waals surface area contributed by atoms with Crippen molar-refractivity contribution < 1.29 is 0 Å². The van der Waals surface area contributed by atoms with E-state index in [0.29, 0.717) is 6.04 Å². The molecule has 0 saturated heterocycles. The molecule has 1 heterocycles. The molecule has 0 radical (unpaired) electrons. The Morgan fingerprint density at radius 2 is 2.22 bits per heavy atom. The summed E-state index contributed by atoms with van der Waals surface area (Å²) in [5.74, 6) is 1.20. The molecule has 2 rings (SSSR count). The lowest BCUT2D eigenvalue weighted by Gasteiger charge is -2.18. The van der Waals surface area contributed by atoms with Crippen LogP contribution in [0.4, 0.5) is 0 Å². The Labute approximate surface area is 122 Å². The number of rotatable bonds is 6. The first kappa shape index (κ1) is 14.4. The second-order valence-corrected chi connectivity index (χ2v) is 7.19. The van der Waals surface area contributed by atoms with Gasteiger partial charge in [-0.25, -0.2) is 0 Å². The Morgan fingerprint density at radius 1 is 1.44 bits per heavy atom. The molecule has 1 saturated carbocycles. The maximum absolute atomic E-state index is 4.23. The number of halogens is 1. The largest absolute Gasteiger partial charge is 0.316 e. The molecule has 1 aliphatic carbocycles. The summed E-state index contributed by atoms with van der Waals surface area (Å²) in [5, 5.41) is 4.33. The van der Waals surface area contributed by atoms with Crippen molar-refractivity contribution >= 4 is 27.7 Å². The normalized spacial score (nSPS) is 18.1.